The molecule has 0 heterocycles. The zero-order chi connectivity index (χ0) is 46.5. The van der Waals surface area contributed by atoms with Gasteiger partial charge in [-0.2, -0.15) is 0 Å². The number of hydrogen-bond donors (Lipinski definition) is 0. The fourth-order valence-corrected chi connectivity index (χ4v) is 8.42. The zero-order valence-electron chi connectivity index (χ0n) is 43.1. The number of hydrogen-bond acceptors (Lipinski definition) is 6. The lowest BCUT2D eigenvalue weighted by Gasteiger charge is -2.18. The minimum absolute atomic E-state index is 0.0742. The average Bonchev–Trinajstić information content (AvgIpc) is 3.29. The van der Waals surface area contributed by atoms with Crippen LogP contribution in [-0.4, -0.2) is 37.2 Å². The standard InChI is InChI=1S/C58H108O6/c1-4-7-10-13-16-19-22-24-26-28-30-31-33-36-39-42-45-48-51-57(60)63-54-55(53-62-56(59)50-47-44-41-38-35-21-18-15-12-9-6-3)64-58(61)52-49-46-43-40-37-34-32-29-27-25-23-20-17-14-11-8-5-2/h15,18,21,35,55H,4-14,16-17,19-20,22-34,36-54H2,1-3H3/b18-15-,35-21-. The molecule has 0 aliphatic carbocycles. The lowest BCUT2D eigenvalue weighted by Crippen LogP contribution is -2.30. The summed E-state index contributed by atoms with van der Waals surface area (Å²) >= 11 is 0. The second-order valence-corrected chi connectivity index (χ2v) is 19.2. The summed E-state index contributed by atoms with van der Waals surface area (Å²) in [6.07, 6.45) is 61.7. The van der Waals surface area contributed by atoms with Crippen molar-refractivity contribution in [2.75, 3.05) is 13.2 Å². The van der Waals surface area contributed by atoms with Crippen LogP contribution >= 0.6 is 0 Å². The predicted molar refractivity (Wildman–Crippen MR) is 275 cm³/mol. The summed E-state index contributed by atoms with van der Waals surface area (Å²) in [4.78, 5) is 38.0. The SMILES string of the molecule is CCCC/C=C\C=C/CCCCCC(=O)OCC(COC(=O)CCCCCCCCCCCCCCCCCCCC)OC(=O)CCCCCCCCCCCCCCCCCCC. The van der Waals surface area contributed by atoms with Gasteiger partial charge in [0, 0.05) is 19.3 Å². The maximum atomic E-state index is 12.8. The lowest BCUT2D eigenvalue weighted by atomic mass is 10.0. The molecule has 0 amide bonds. The molecular formula is C58H108O6. The zero-order valence-corrected chi connectivity index (χ0v) is 43.1. The quantitative estimate of drug-likeness (QED) is 0.0262. The fraction of sp³-hybridized carbons (Fsp3) is 0.879. The van der Waals surface area contributed by atoms with Crippen LogP contribution < -0.4 is 0 Å². The highest BCUT2D eigenvalue weighted by molar-refractivity contribution is 5.71. The lowest BCUT2D eigenvalue weighted by molar-refractivity contribution is -0.167. The second-order valence-electron chi connectivity index (χ2n) is 19.2. The molecule has 0 bridgehead atoms. The number of allylic oxidation sites excluding steroid dienone is 4. The van der Waals surface area contributed by atoms with Crippen molar-refractivity contribution in [1.29, 1.82) is 0 Å². The molecule has 0 aliphatic heterocycles. The summed E-state index contributed by atoms with van der Waals surface area (Å²) in [7, 11) is 0. The predicted octanol–water partition coefficient (Wildman–Crippen LogP) is 18.7. The number of carbonyl (C=O) groups excluding carboxylic acids is 3. The Morgan fingerprint density at radius 1 is 0.312 bits per heavy atom. The molecule has 1 atom stereocenters. The molecular weight excluding hydrogens is 793 g/mol. The van der Waals surface area contributed by atoms with Crippen molar-refractivity contribution in [3.63, 3.8) is 0 Å². The van der Waals surface area contributed by atoms with Crippen molar-refractivity contribution in [2.45, 2.75) is 316 Å². The average molecular weight is 901 g/mol. The molecule has 376 valence electrons. The first-order chi connectivity index (χ1) is 31.5. The van der Waals surface area contributed by atoms with Gasteiger partial charge in [0.1, 0.15) is 13.2 Å². The van der Waals surface area contributed by atoms with E-state index >= 15 is 0 Å². The number of esters is 3. The molecule has 6 heteroatoms. The molecule has 6 nitrogen and oxygen atoms in total. The minimum Gasteiger partial charge on any atom is -0.462 e. The molecule has 0 radical (unpaired) electrons. The van der Waals surface area contributed by atoms with Crippen molar-refractivity contribution >= 4 is 17.9 Å². The Balaban J connectivity index is 4.29. The smallest absolute Gasteiger partial charge is 0.306 e. The fourth-order valence-electron chi connectivity index (χ4n) is 8.42. The Morgan fingerprint density at radius 2 is 0.562 bits per heavy atom. The Bertz CT molecular complexity index is 1040. The van der Waals surface area contributed by atoms with Gasteiger partial charge in [0.05, 0.1) is 0 Å². The van der Waals surface area contributed by atoms with Gasteiger partial charge >= 0.3 is 17.9 Å². The third-order valence-electron chi connectivity index (χ3n) is 12.7. The van der Waals surface area contributed by atoms with Crippen molar-refractivity contribution in [3.8, 4) is 0 Å². The Hall–Kier alpha value is -2.11. The van der Waals surface area contributed by atoms with Gasteiger partial charge in [0.2, 0.25) is 0 Å². The Morgan fingerprint density at radius 3 is 0.875 bits per heavy atom. The Labute approximate surface area is 398 Å². The van der Waals surface area contributed by atoms with Crippen molar-refractivity contribution in [3.05, 3.63) is 24.3 Å². The van der Waals surface area contributed by atoms with Crippen LogP contribution in [-0.2, 0) is 28.6 Å². The maximum absolute atomic E-state index is 12.8. The minimum atomic E-state index is -0.776. The van der Waals surface area contributed by atoms with E-state index in [1.807, 2.05) is 0 Å². The summed E-state index contributed by atoms with van der Waals surface area (Å²) in [6, 6.07) is 0. The van der Waals surface area contributed by atoms with Crippen LogP contribution in [0.25, 0.3) is 0 Å². The highest BCUT2D eigenvalue weighted by Gasteiger charge is 2.19. The molecule has 0 rings (SSSR count). The van der Waals surface area contributed by atoms with Crippen LogP contribution in [0.15, 0.2) is 24.3 Å². The largest absolute Gasteiger partial charge is 0.462 e. The molecule has 0 N–H and O–H groups in total. The van der Waals surface area contributed by atoms with E-state index in [4.69, 9.17) is 14.2 Å². The van der Waals surface area contributed by atoms with Crippen LogP contribution in [0, 0.1) is 0 Å². The third kappa shape index (κ3) is 50.9. The van der Waals surface area contributed by atoms with E-state index in [1.54, 1.807) is 0 Å². The number of unbranched alkanes of at least 4 members (excludes halogenated alkanes) is 38. The van der Waals surface area contributed by atoms with E-state index in [-0.39, 0.29) is 31.1 Å². The summed E-state index contributed by atoms with van der Waals surface area (Å²) in [6.45, 7) is 6.61. The van der Waals surface area contributed by atoms with E-state index in [9.17, 15) is 14.4 Å². The first-order valence-electron chi connectivity index (χ1n) is 28.4. The third-order valence-corrected chi connectivity index (χ3v) is 12.7. The molecule has 0 fully saturated rings. The normalized spacial score (nSPS) is 12.1. The molecule has 0 saturated heterocycles. The topological polar surface area (TPSA) is 78.9 Å². The number of rotatable bonds is 52. The Kier molecular flexibility index (Phi) is 51.7. The summed E-state index contributed by atoms with van der Waals surface area (Å²) in [5, 5.41) is 0. The van der Waals surface area contributed by atoms with Crippen molar-refractivity contribution in [1.82, 2.24) is 0 Å². The van der Waals surface area contributed by atoms with Gasteiger partial charge in [0.15, 0.2) is 6.10 Å². The molecule has 0 aliphatic rings. The molecule has 0 saturated carbocycles. The highest BCUT2D eigenvalue weighted by atomic mass is 16.6. The summed E-state index contributed by atoms with van der Waals surface area (Å²) in [5.41, 5.74) is 0. The van der Waals surface area contributed by atoms with E-state index in [0.717, 1.165) is 70.6 Å². The molecule has 1 unspecified atom stereocenters. The molecule has 0 aromatic rings. The van der Waals surface area contributed by atoms with Gasteiger partial charge in [0.25, 0.3) is 0 Å². The van der Waals surface area contributed by atoms with Gasteiger partial charge in [-0.05, 0) is 38.5 Å². The second kappa shape index (κ2) is 53.5. The number of ether oxygens (including phenoxy) is 3. The van der Waals surface area contributed by atoms with Crippen molar-refractivity contribution < 1.29 is 28.6 Å². The number of carbonyl (C=O) groups is 3. The summed E-state index contributed by atoms with van der Waals surface area (Å²) in [5.74, 6) is -0.883. The molecule has 64 heavy (non-hydrogen) atoms. The first kappa shape index (κ1) is 61.9. The van der Waals surface area contributed by atoms with Crippen LogP contribution in [0.2, 0.25) is 0 Å². The van der Waals surface area contributed by atoms with Crippen LogP contribution in [0.5, 0.6) is 0 Å². The van der Waals surface area contributed by atoms with Gasteiger partial charge in [-0.1, -0.05) is 276 Å². The molecule has 0 aromatic heterocycles. The van der Waals surface area contributed by atoms with Gasteiger partial charge in [-0.25, -0.2) is 0 Å². The van der Waals surface area contributed by atoms with Gasteiger partial charge in [-0.15, -0.1) is 0 Å². The first-order valence-corrected chi connectivity index (χ1v) is 28.4. The molecule has 0 spiro atoms. The van der Waals surface area contributed by atoms with Crippen LogP contribution in [0.3, 0.4) is 0 Å². The maximum Gasteiger partial charge on any atom is 0.306 e. The van der Waals surface area contributed by atoms with Crippen molar-refractivity contribution in [2.24, 2.45) is 0 Å². The van der Waals surface area contributed by atoms with E-state index < -0.39 is 6.10 Å². The monoisotopic (exact) mass is 901 g/mol. The summed E-state index contributed by atoms with van der Waals surface area (Å²) < 4.78 is 16.8. The van der Waals surface area contributed by atoms with E-state index in [2.05, 4.69) is 45.1 Å². The van der Waals surface area contributed by atoms with Crippen LogP contribution in [0.1, 0.15) is 310 Å². The van der Waals surface area contributed by atoms with Crippen LogP contribution in [0.4, 0.5) is 0 Å². The highest BCUT2D eigenvalue weighted by Crippen LogP contribution is 2.17. The molecule has 0 aromatic carbocycles. The van der Waals surface area contributed by atoms with E-state index in [1.165, 1.54) is 199 Å². The van der Waals surface area contributed by atoms with Gasteiger partial charge < -0.3 is 14.2 Å². The van der Waals surface area contributed by atoms with E-state index in [0.29, 0.717) is 19.3 Å². The van der Waals surface area contributed by atoms with Gasteiger partial charge in [-0.3, -0.25) is 14.4 Å².